The van der Waals surface area contributed by atoms with E-state index in [4.69, 9.17) is 9.47 Å². The SMILES string of the molecule is Cc1nn(-c2ccccc2)c(C)c1CCC(=O)Nc1ccc2c(c1)OCCCO2. The summed E-state index contributed by atoms with van der Waals surface area (Å²) >= 11 is 0. The van der Waals surface area contributed by atoms with Gasteiger partial charge in [0, 0.05) is 30.3 Å². The smallest absolute Gasteiger partial charge is 0.224 e. The molecule has 4 rings (SSSR count). The van der Waals surface area contributed by atoms with Gasteiger partial charge in [-0.1, -0.05) is 18.2 Å². The molecule has 0 radical (unpaired) electrons. The lowest BCUT2D eigenvalue weighted by molar-refractivity contribution is -0.116. The van der Waals surface area contributed by atoms with Gasteiger partial charge in [0.25, 0.3) is 0 Å². The number of hydrogen-bond acceptors (Lipinski definition) is 4. The van der Waals surface area contributed by atoms with Crippen molar-refractivity contribution in [1.29, 1.82) is 0 Å². The Morgan fingerprint density at radius 3 is 2.62 bits per heavy atom. The van der Waals surface area contributed by atoms with Gasteiger partial charge in [-0.15, -0.1) is 0 Å². The van der Waals surface area contributed by atoms with Crippen LogP contribution in [0, 0.1) is 13.8 Å². The molecule has 6 nitrogen and oxygen atoms in total. The summed E-state index contributed by atoms with van der Waals surface area (Å²) in [7, 11) is 0. The molecule has 6 heteroatoms. The van der Waals surface area contributed by atoms with E-state index < -0.39 is 0 Å². The van der Waals surface area contributed by atoms with E-state index in [9.17, 15) is 4.79 Å². The number of carbonyl (C=O) groups excluding carboxylic acids is 1. The fourth-order valence-electron chi connectivity index (χ4n) is 3.56. The molecule has 1 aliphatic heterocycles. The van der Waals surface area contributed by atoms with E-state index in [0.29, 0.717) is 37.5 Å². The molecule has 0 fully saturated rings. The summed E-state index contributed by atoms with van der Waals surface area (Å²) in [5.74, 6) is 1.36. The molecule has 29 heavy (non-hydrogen) atoms. The van der Waals surface area contributed by atoms with Gasteiger partial charge >= 0.3 is 0 Å². The molecule has 2 aromatic carbocycles. The van der Waals surface area contributed by atoms with Crippen LogP contribution >= 0.6 is 0 Å². The first-order valence-electron chi connectivity index (χ1n) is 9.92. The number of hydrogen-bond donors (Lipinski definition) is 1. The van der Waals surface area contributed by atoms with Gasteiger partial charge in [-0.25, -0.2) is 4.68 Å². The van der Waals surface area contributed by atoms with Crippen molar-refractivity contribution in [3.05, 3.63) is 65.5 Å². The van der Waals surface area contributed by atoms with Crippen molar-refractivity contribution in [1.82, 2.24) is 9.78 Å². The molecule has 0 saturated carbocycles. The molecule has 0 unspecified atom stereocenters. The Morgan fingerprint density at radius 2 is 1.83 bits per heavy atom. The molecule has 150 valence electrons. The lowest BCUT2D eigenvalue weighted by Crippen LogP contribution is -2.13. The first kappa shape index (κ1) is 19.1. The lowest BCUT2D eigenvalue weighted by atomic mass is 10.1. The van der Waals surface area contributed by atoms with E-state index >= 15 is 0 Å². The van der Waals surface area contributed by atoms with Gasteiger partial charge in [-0.2, -0.15) is 5.10 Å². The van der Waals surface area contributed by atoms with Crippen LogP contribution in [-0.4, -0.2) is 28.9 Å². The fraction of sp³-hybridized carbons (Fsp3) is 0.304. The zero-order valence-electron chi connectivity index (χ0n) is 16.8. The van der Waals surface area contributed by atoms with Crippen LogP contribution in [0.15, 0.2) is 48.5 Å². The molecule has 1 aromatic heterocycles. The molecular weight excluding hydrogens is 366 g/mol. The number of aryl methyl sites for hydroxylation is 1. The highest BCUT2D eigenvalue weighted by Crippen LogP contribution is 2.32. The number of nitrogens with one attached hydrogen (secondary N) is 1. The quantitative estimate of drug-likeness (QED) is 0.707. The summed E-state index contributed by atoms with van der Waals surface area (Å²) in [4.78, 5) is 12.5. The summed E-state index contributed by atoms with van der Waals surface area (Å²) in [5, 5.41) is 7.61. The van der Waals surface area contributed by atoms with E-state index in [1.54, 1.807) is 0 Å². The summed E-state index contributed by atoms with van der Waals surface area (Å²) in [5.41, 5.74) is 4.87. The maximum atomic E-state index is 12.5. The molecule has 0 atom stereocenters. The van der Waals surface area contributed by atoms with Crippen LogP contribution < -0.4 is 14.8 Å². The Morgan fingerprint density at radius 1 is 1.07 bits per heavy atom. The van der Waals surface area contributed by atoms with Crippen molar-refractivity contribution in [2.45, 2.75) is 33.1 Å². The number of aromatic nitrogens is 2. The van der Waals surface area contributed by atoms with Gasteiger partial charge in [-0.3, -0.25) is 4.79 Å². The zero-order chi connectivity index (χ0) is 20.2. The molecule has 0 bridgehead atoms. The van der Waals surface area contributed by atoms with Gasteiger partial charge in [0.2, 0.25) is 5.91 Å². The highest BCUT2D eigenvalue weighted by atomic mass is 16.5. The van der Waals surface area contributed by atoms with Crippen molar-refractivity contribution in [2.24, 2.45) is 0 Å². The highest BCUT2D eigenvalue weighted by Gasteiger charge is 2.15. The number of nitrogens with zero attached hydrogens (tertiary/aromatic N) is 2. The Balaban J connectivity index is 1.41. The third-order valence-electron chi connectivity index (χ3n) is 5.08. The Labute approximate surface area is 170 Å². The molecule has 1 aliphatic rings. The highest BCUT2D eigenvalue weighted by molar-refractivity contribution is 5.91. The maximum Gasteiger partial charge on any atom is 0.224 e. The van der Waals surface area contributed by atoms with Crippen LogP contribution in [0.25, 0.3) is 5.69 Å². The van der Waals surface area contributed by atoms with Crippen LogP contribution in [0.5, 0.6) is 11.5 Å². The first-order valence-corrected chi connectivity index (χ1v) is 9.92. The average molecular weight is 391 g/mol. The minimum Gasteiger partial charge on any atom is -0.490 e. The van der Waals surface area contributed by atoms with Crippen LogP contribution in [-0.2, 0) is 11.2 Å². The molecule has 0 spiro atoms. The van der Waals surface area contributed by atoms with E-state index in [1.165, 1.54) is 0 Å². The lowest BCUT2D eigenvalue weighted by Gasteiger charge is -2.10. The van der Waals surface area contributed by atoms with Crippen molar-refractivity contribution in [3.8, 4) is 17.2 Å². The number of anilines is 1. The van der Waals surface area contributed by atoms with Gasteiger partial charge in [0.1, 0.15) is 0 Å². The minimum absolute atomic E-state index is 0.0363. The minimum atomic E-state index is -0.0363. The number of fused-ring (bicyclic) bond motifs is 1. The molecular formula is C23H25N3O3. The Hall–Kier alpha value is -3.28. The Bertz CT molecular complexity index is 1010. The van der Waals surface area contributed by atoms with Gasteiger partial charge in [0.15, 0.2) is 11.5 Å². The van der Waals surface area contributed by atoms with Crippen molar-refractivity contribution in [2.75, 3.05) is 18.5 Å². The van der Waals surface area contributed by atoms with Crippen LogP contribution in [0.3, 0.4) is 0 Å². The summed E-state index contributed by atoms with van der Waals surface area (Å²) in [6, 6.07) is 15.5. The molecule has 1 amide bonds. The zero-order valence-corrected chi connectivity index (χ0v) is 16.8. The summed E-state index contributed by atoms with van der Waals surface area (Å²) < 4.78 is 13.3. The van der Waals surface area contributed by atoms with E-state index in [2.05, 4.69) is 10.4 Å². The maximum absolute atomic E-state index is 12.5. The third-order valence-corrected chi connectivity index (χ3v) is 5.08. The normalized spacial score (nSPS) is 13.0. The van der Waals surface area contributed by atoms with Crippen molar-refractivity contribution >= 4 is 11.6 Å². The number of benzene rings is 2. The van der Waals surface area contributed by atoms with Gasteiger partial charge < -0.3 is 14.8 Å². The number of ether oxygens (including phenoxy) is 2. The second-order valence-electron chi connectivity index (χ2n) is 7.16. The monoisotopic (exact) mass is 391 g/mol. The number of amides is 1. The van der Waals surface area contributed by atoms with E-state index in [1.807, 2.05) is 67.1 Å². The predicted octanol–water partition coefficient (Wildman–Crippen LogP) is 4.22. The fourth-order valence-corrected chi connectivity index (χ4v) is 3.56. The van der Waals surface area contributed by atoms with Crippen LogP contribution in [0.1, 0.15) is 29.8 Å². The van der Waals surface area contributed by atoms with Crippen LogP contribution in [0.4, 0.5) is 5.69 Å². The van der Waals surface area contributed by atoms with Gasteiger partial charge in [0.05, 0.1) is 24.6 Å². The van der Waals surface area contributed by atoms with Gasteiger partial charge in [-0.05, 0) is 50.1 Å². The van der Waals surface area contributed by atoms with E-state index in [0.717, 1.165) is 34.8 Å². The predicted molar refractivity (Wildman–Crippen MR) is 112 cm³/mol. The molecule has 2 heterocycles. The first-order chi connectivity index (χ1) is 14.1. The second-order valence-corrected chi connectivity index (χ2v) is 7.16. The second kappa shape index (κ2) is 8.39. The van der Waals surface area contributed by atoms with Crippen molar-refractivity contribution < 1.29 is 14.3 Å². The molecule has 0 aliphatic carbocycles. The topological polar surface area (TPSA) is 65.4 Å². The summed E-state index contributed by atoms with van der Waals surface area (Å²) in [6.45, 7) is 5.30. The summed E-state index contributed by atoms with van der Waals surface area (Å²) in [6.07, 6.45) is 1.88. The molecule has 3 aromatic rings. The standard InChI is InChI=1S/C23H25N3O3/c1-16-20(17(2)26(25-16)19-7-4-3-5-8-19)10-12-23(27)24-18-9-11-21-22(15-18)29-14-6-13-28-21/h3-5,7-9,11,15H,6,10,12-14H2,1-2H3,(H,24,27). The Kier molecular flexibility index (Phi) is 5.51. The largest absolute Gasteiger partial charge is 0.490 e. The number of rotatable bonds is 5. The number of carbonyl (C=O) groups is 1. The average Bonchev–Trinajstić information content (AvgIpc) is 2.88. The third kappa shape index (κ3) is 4.26. The van der Waals surface area contributed by atoms with E-state index in [-0.39, 0.29) is 5.91 Å². The van der Waals surface area contributed by atoms with Crippen LogP contribution in [0.2, 0.25) is 0 Å². The number of para-hydroxylation sites is 1. The molecule has 0 saturated heterocycles. The molecule has 1 N–H and O–H groups in total. The van der Waals surface area contributed by atoms with Crippen molar-refractivity contribution in [3.63, 3.8) is 0 Å².